The Hall–Kier alpha value is -1.56. The summed E-state index contributed by atoms with van der Waals surface area (Å²) in [7, 11) is 0. The molecule has 0 aliphatic carbocycles. The molecule has 1 heterocycles. The number of hydrogen-bond donors (Lipinski definition) is 1. The summed E-state index contributed by atoms with van der Waals surface area (Å²) >= 11 is 13.7. The van der Waals surface area contributed by atoms with Crippen LogP contribution in [0.3, 0.4) is 0 Å². The molecule has 7 heteroatoms. The van der Waals surface area contributed by atoms with Gasteiger partial charge in [-0.1, -0.05) is 36.2 Å². The standard InChI is InChI=1S/C19H22Cl2N2O2S/c1-2-10-23(19(25)7-3-5-15-6-4-11-26-15)13-18(24)22-17-12-14(20)8-9-16(17)21/h4,6,8-9,11-12H,2-3,5,7,10,13H2,1H3,(H,22,24). The molecule has 0 fully saturated rings. The van der Waals surface area contributed by atoms with Crippen molar-refractivity contribution in [2.45, 2.75) is 32.6 Å². The van der Waals surface area contributed by atoms with Gasteiger partial charge in [-0.15, -0.1) is 11.3 Å². The monoisotopic (exact) mass is 412 g/mol. The van der Waals surface area contributed by atoms with Gasteiger partial charge in [-0.2, -0.15) is 0 Å². The number of amides is 2. The van der Waals surface area contributed by atoms with Crippen LogP contribution in [0, 0.1) is 0 Å². The van der Waals surface area contributed by atoms with E-state index in [9.17, 15) is 9.59 Å². The summed E-state index contributed by atoms with van der Waals surface area (Å²) in [5, 5.41) is 5.65. The third kappa shape index (κ3) is 6.63. The number of benzene rings is 1. The van der Waals surface area contributed by atoms with Crippen molar-refractivity contribution in [2.24, 2.45) is 0 Å². The molecule has 2 amide bonds. The van der Waals surface area contributed by atoms with E-state index in [1.54, 1.807) is 34.4 Å². The van der Waals surface area contributed by atoms with Crippen LogP contribution >= 0.6 is 34.5 Å². The van der Waals surface area contributed by atoms with Crippen molar-refractivity contribution < 1.29 is 9.59 Å². The van der Waals surface area contributed by atoms with Gasteiger partial charge in [-0.3, -0.25) is 9.59 Å². The second kappa shape index (κ2) is 10.6. The number of nitrogens with zero attached hydrogens (tertiary/aromatic N) is 1. The van der Waals surface area contributed by atoms with Crippen LogP contribution in [0.2, 0.25) is 10.0 Å². The normalized spacial score (nSPS) is 10.6. The van der Waals surface area contributed by atoms with Gasteiger partial charge in [0, 0.05) is 22.9 Å². The van der Waals surface area contributed by atoms with Crippen LogP contribution < -0.4 is 5.32 Å². The molecule has 2 rings (SSSR count). The molecule has 0 aliphatic heterocycles. The van der Waals surface area contributed by atoms with Gasteiger partial charge in [0.25, 0.3) is 0 Å². The molecular formula is C19H22Cl2N2O2S. The van der Waals surface area contributed by atoms with Crippen molar-refractivity contribution in [1.29, 1.82) is 0 Å². The predicted octanol–water partition coefficient (Wildman–Crippen LogP) is 5.25. The molecule has 0 aliphatic rings. The molecule has 1 aromatic heterocycles. The highest BCUT2D eigenvalue weighted by atomic mass is 35.5. The lowest BCUT2D eigenvalue weighted by Gasteiger charge is -2.22. The Labute approximate surface area is 168 Å². The first-order valence-corrected chi connectivity index (χ1v) is 10.2. The summed E-state index contributed by atoms with van der Waals surface area (Å²) in [6.45, 7) is 2.54. The van der Waals surface area contributed by atoms with Crippen molar-refractivity contribution in [2.75, 3.05) is 18.4 Å². The summed E-state index contributed by atoms with van der Waals surface area (Å²) in [5.41, 5.74) is 0.450. The summed E-state index contributed by atoms with van der Waals surface area (Å²) in [6.07, 6.45) is 2.89. The Bertz CT molecular complexity index is 735. The number of thiophene rings is 1. The fraction of sp³-hybridized carbons (Fsp3) is 0.368. The van der Waals surface area contributed by atoms with Crippen LogP contribution in [0.1, 0.15) is 31.1 Å². The van der Waals surface area contributed by atoms with Crippen LogP contribution in [0.15, 0.2) is 35.7 Å². The molecule has 0 saturated carbocycles. The summed E-state index contributed by atoms with van der Waals surface area (Å²) in [6, 6.07) is 8.95. The van der Waals surface area contributed by atoms with Crippen molar-refractivity contribution in [3.05, 3.63) is 50.6 Å². The number of aryl methyl sites for hydroxylation is 1. The Morgan fingerprint density at radius 2 is 2.04 bits per heavy atom. The predicted molar refractivity (Wildman–Crippen MR) is 109 cm³/mol. The van der Waals surface area contributed by atoms with Crippen LogP contribution in [-0.2, 0) is 16.0 Å². The molecular weight excluding hydrogens is 391 g/mol. The van der Waals surface area contributed by atoms with Crippen LogP contribution in [0.25, 0.3) is 0 Å². The highest BCUT2D eigenvalue weighted by Crippen LogP contribution is 2.25. The van der Waals surface area contributed by atoms with Gasteiger partial charge in [0.1, 0.15) is 0 Å². The molecule has 0 saturated heterocycles. The van der Waals surface area contributed by atoms with Crippen molar-refractivity contribution in [3.8, 4) is 0 Å². The fourth-order valence-corrected chi connectivity index (χ4v) is 3.63. The first kappa shape index (κ1) is 20.7. The van der Waals surface area contributed by atoms with Gasteiger partial charge in [0.15, 0.2) is 0 Å². The number of nitrogens with one attached hydrogen (secondary N) is 1. The Morgan fingerprint density at radius 3 is 2.73 bits per heavy atom. The van der Waals surface area contributed by atoms with Crippen LogP contribution in [0.5, 0.6) is 0 Å². The largest absolute Gasteiger partial charge is 0.333 e. The lowest BCUT2D eigenvalue weighted by molar-refractivity contribution is -0.134. The van der Waals surface area contributed by atoms with Gasteiger partial charge in [0.05, 0.1) is 17.3 Å². The maximum Gasteiger partial charge on any atom is 0.244 e. The number of rotatable bonds is 9. The molecule has 4 nitrogen and oxygen atoms in total. The Morgan fingerprint density at radius 1 is 1.23 bits per heavy atom. The molecule has 0 unspecified atom stereocenters. The van der Waals surface area contributed by atoms with Crippen molar-refractivity contribution in [1.82, 2.24) is 4.90 Å². The maximum atomic E-state index is 12.5. The first-order valence-electron chi connectivity index (χ1n) is 8.54. The average Bonchev–Trinajstić information content (AvgIpc) is 3.11. The third-order valence-electron chi connectivity index (χ3n) is 3.78. The first-order chi connectivity index (χ1) is 12.5. The molecule has 140 valence electrons. The second-order valence-electron chi connectivity index (χ2n) is 5.92. The van der Waals surface area contributed by atoms with Crippen LogP contribution in [0.4, 0.5) is 5.69 Å². The SMILES string of the molecule is CCCN(CC(=O)Nc1cc(Cl)ccc1Cl)C(=O)CCCc1cccs1. The van der Waals surface area contributed by atoms with Gasteiger partial charge in [0.2, 0.25) is 11.8 Å². The van der Waals surface area contributed by atoms with E-state index in [1.807, 2.05) is 18.4 Å². The van der Waals surface area contributed by atoms with Gasteiger partial charge >= 0.3 is 0 Å². The molecule has 0 radical (unpaired) electrons. The highest BCUT2D eigenvalue weighted by Gasteiger charge is 2.17. The number of carbonyl (C=O) groups excluding carboxylic acids is 2. The van der Waals surface area contributed by atoms with E-state index in [1.165, 1.54) is 4.88 Å². The van der Waals surface area contributed by atoms with E-state index in [4.69, 9.17) is 23.2 Å². The lowest BCUT2D eigenvalue weighted by atomic mass is 10.2. The van der Waals surface area contributed by atoms with E-state index in [0.717, 1.165) is 19.3 Å². The average molecular weight is 413 g/mol. The molecule has 0 spiro atoms. The number of anilines is 1. The zero-order valence-electron chi connectivity index (χ0n) is 14.6. The van der Waals surface area contributed by atoms with Gasteiger partial charge in [-0.25, -0.2) is 0 Å². The number of halogens is 2. The summed E-state index contributed by atoms with van der Waals surface area (Å²) in [4.78, 5) is 27.7. The molecule has 0 bridgehead atoms. The number of hydrogen-bond acceptors (Lipinski definition) is 3. The second-order valence-corrected chi connectivity index (χ2v) is 7.80. The quantitative estimate of drug-likeness (QED) is 0.610. The van der Waals surface area contributed by atoms with E-state index < -0.39 is 0 Å². The number of carbonyl (C=O) groups is 2. The minimum absolute atomic E-state index is 0.00394. The zero-order valence-corrected chi connectivity index (χ0v) is 17.0. The van der Waals surface area contributed by atoms with Crippen molar-refractivity contribution in [3.63, 3.8) is 0 Å². The van der Waals surface area contributed by atoms with E-state index >= 15 is 0 Å². The van der Waals surface area contributed by atoms with Crippen molar-refractivity contribution >= 4 is 52.0 Å². The summed E-state index contributed by atoms with van der Waals surface area (Å²) in [5.74, 6) is -0.287. The highest BCUT2D eigenvalue weighted by molar-refractivity contribution is 7.09. The van der Waals surface area contributed by atoms with Gasteiger partial charge in [-0.05, 0) is 48.9 Å². The molecule has 2 aromatic rings. The lowest BCUT2D eigenvalue weighted by Crippen LogP contribution is -2.38. The van der Waals surface area contributed by atoms with Crippen LogP contribution in [-0.4, -0.2) is 29.8 Å². The van der Waals surface area contributed by atoms with E-state index in [2.05, 4.69) is 11.4 Å². The molecule has 0 atom stereocenters. The summed E-state index contributed by atoms with van der Waals surface area (Å²) < 4.78 is 0. The Balaban J connectivity index is 1.88. The maximum absolute atomic E-state index is 12.5. The fourth-order valence-electron chi connectivity index (χ4n) is 2.55. The van der Waals surface area contributed by atoms with Gasteiger partial charge < -0.3 is 10.2 Å². The topological polar surface area (TPSA) is 49.4 Å². The molecule has 1 N–H and O–H groups in total. The van der Waals surface area contributed by atoms with E-state index in [0.29, 0.717) is 28.7 Å². The minimum Gasteiger partial charge on any atom is -0.333 e. The Kier molecular flexibility index (Phi) is 8.42. The molecule has 26 heavy (non-hydrogen) atoms. The third-order valence-corrected chi connectivity index (χ3v) is 5.28. The zero-order chi connectivity index (χ0) is 18.9. The smallest absolute Gasteiger partial charge is 0.244 e. The molecule has 1 aromatic carbocycles. The van der Waals surface area contributed by atoms with E-state index in [-0.39, 0.29) is 18.4 Å². The minimum atomic E-state index is -0.283.